The van der Waals surface area contributed by atoms with Crippen LogP contribution in [0.4, 0.5) is 0 Å². The monoisotopic (exact) mass is 112 g/mol. The van der Waals surface area contributed by atoms with E-state index in [0.717, 1.165) is 6.54 Å². The van der Waals surface area contributed by atoms with E-state index in [1.165, 1.54) is 5.92 Å². The van der Waals surface area contributed by atoms with Crippen LogP contribution in [0.25, 0.3) is 0 Å². The first-order valence-electron chi connectivity index (χ1n) is 2.75. The van der Waals surface area contributed by atoms with Gasteiger partial charge in [-0.1, -0.05) is 6.92 Å². The molecule has 0 N–H and O–H groups in total. The van der Waals surface area contributed by atoms with Crippen LogP contribution in [0, 0.1) is 5.92 Å². The van der Waals surface area contributed by atoms with Gasteiger partial charge in [-0.3, -0.25) is 4.79 Å². The van der Waals surface area contributed by atoms with E-state index in [1.54, 1.807) is 4.90 Å². The molecule has 0 bridgehead atoms. The molecule has 0 aromatic heterocycles. The van der Waals surface area contributed by atoms with Crippen molar-refractivity contribution in [2.75, 3.05) is 13.6 Å². The van der Waals surface area contributed by atoms with Gasteiger partial charge in [-0.15, -0.1) is 0 Å². The molecule has 1 aliphatic rings. The second-order valence-electron chi connectivity index (χ2n) is 2.38. The van der Waals surface area contributed by atoms with Gasteiger partial charge in [0.2, 0.25) is 5.91 Å². The summed E-state index contributed by atoms with van der Waals surface area (Å²) in [7, 11) is 1.83. The zero-order valence-corrected chi connectivity index (χ0v) is 5.27. The largest absolute Gasteiger partial charge is 0.345 e. The number of likely N-dealkylation sites (tertiary alicyclic amines) is 1. The number of hydrogen-bond acceptors (Lipinski definition) is 1. The van der Waals surface area contributed by atoms with E-state index in [0.29, 0.717) is 6.42 Å². The summed E-state index contributed by atoms with van der Waals surface area (Å²) >= 11 is 0. The molecular weight excluding hydrogens is 102 g/mol. The Balaban J connectivity index is 2.51. The van der Waals surface area contributed by atoms with E-state index in [9.17, 15) is 4.79 Å². The average molecular weight is 112 g/mol. The fourth-order valence-corrected chi connectivity index (χ4v) is 0.942. The molecule has 1 fully saturated rings. The molecule has 0 spiro atoms. The first-order valence-corrected chi connectivity index (χ1v) is 2.75. The predicted octanol–water partition coefficient (Wildman–Crippen LogP) is 0.443. The predicted molar refractivity (Wildman–Crippen MR) is 31.2 cm³/mol. The van der Waals surface area contributed by atoms with Crippen LogP contribution in [0.2, 0.25) is 0 Å². The minimum absolute atomic E-state index is 0.252. The second kappa shape index (κ2) is 1.77. The molecule has 0 aromatic rings. The highest BCUT2D eigenvalue weighted by atomic mass is 16.2. The molecule has 0 unspecified atom stereocenters. The molecule has 1 amide bonds. The Hall–Kier alpha value is -0.530. The SMILES string of the molecule is C[C]1CC(=O)N(C)C1. The van der Waals surface area contributed by atoms with Crippen molar-refractivity contribution < 1.29 is 4.79 Å². The molecule has 1 heterocycles. The van der Waals surface area contributed by atoms with Crippen molar-refractivity contribution in [3.8, 4) is 0 Å². The lowest BCUT2D eigenvalue weighted by Crippen LogP contribution is -2.18. The highest BCUT2D eigenvalue weighted by molar-refractivity contribution is 5.80. The molecule has 1 saturated heterocycles. The minimum Gasteiger partial charge on any atom is -0.345 e. The van der Waals surface area contributed by atoms with Gasteiger partial charge in [-0.2, -0.15) is 0 Å². The Kier molecular flexibility index (Phi) is 1.24. The zero-order chi connectivity index (χ0) is 6.15. The Morgan fingerprint density at radius 1 is 1.62 bits per heavy atom. The van der Waals surface area contributed by atoms with Crippen molar-refractivity contribution in [2.24, 2.45) is 0 Å². The number of rotatable bonds is 0. The van der Waals surface area contributed by atoms with Crippen LogP contribution >= 0.6 is 0 Å². The Morgan fingerprint density at radius 2 is 2.25 bits per heavy atom. The number of nitrogens with zero attached hydrogens (tertiary/aromatic N) is 1. The molecule has 2 nitrogen and oxygen atoms in total. The normalized spacial score (nSPS) is 22.8. The van der Waals surface area contributed by atoms with Crippen molar-refractivity contribution in [1.82, 2.24) is 4.90 Å². The Bertz CT molecular complexity index is 111. The average Bonchev–Trinajstić information content (AvgIpc) is 1.85. The second-order valence-corrected chi connectivity index (χ2v) is 2.38. The van der Waals surface area contributed by atoms with Crippen LogP contribution in [0.3, 0.4) is 0 Å². The van der Waals surface area contributed by atoms with Gasteiger partial charge in [0.1, 0.15) is 0 Å². The van der Waals surface area contributed by atoms with E-state index in [-0.39, 0.29) is 5.91 Å². The maximum absolute atomic E-state index is 10.7. The van der Waals surface area contributed by atoms with Crippen molar-refractivity contribution >= 4 is 5.91 Å². The van der Waals surface area contributed by atoms with Gasteiger partial charge in [0.15, 0.2) is 0 Å². The summed E-state index contributed by atoms with van der Waals surface area (Å²) < 4.78 is 0. The van der Waals surface area contributed by atoms with E-state index in [4.69, 9.17) is 0 Å². The molecule has 0 aromatic carbocycles. The highest BCUT2D eigenvalue weighted by Gasteiger charge is 2.22. The van der Waals surface area contributed by atoms with E-state index >= 15 is 0 Å². The van der Waals surface area contributed by atoms with Gasteiger partial charge >= 0.3 is 0 Å². The van der Waals surface area contributed by atoms with Gasteiger partial charge in [-0.25, -0.2) is 0 Å². The number of amides is 1. The maximum atomic E-state index is 10.7. The number of hydrogen-bond donors (Lipinski definition) is 0. The fourth-order valence-electron chi connectivity index (χ4n) is 0.942. The van der Waals surface area contributed by atoms with Crippen molar-refractivity contribution in [2.45, 2.75) is 13.3 Å². The molecule has 1 aliphatic heterocycles. The molecule has 8 heavy (non-hydrogen) atoms. The molecule has 2 heteroatoms. The standard InChI is InChI=1S/C6H10NO/c1-5-3-6(8)7(2)4-5/h3-4H2,1-2H3. The van der Waals surface area contributed by atoms with Gasteiger partial charge in [0, 0.05) is 25.9 Å². The summed E-state index contributed by atoms with van der Waals surface area (Å²) in [4.78, 5) is 12.4. The third kappa shape index (κ3) is 0.831. The lowest BCUT2D eigenvalue weighted by atomic mass is 10.2. The summed E-state index contributed by atoms with van der Waals surface area (Å²) in [5.41, 5.74) is 0. The molecule has 1 radical (unpaired) electrons. The van der Waals surface area contributed by atoms with Crippen molar-refractivity contribution in [3.05, 3.63) is 5.92 Å². The van der Waals surface area contributed by atoms with Crippen LogP contribution in [-0.4, -0.2) is 24.4 Å². The molecule has 45 valence electrons. The summed E-state index contributed by atoms with van der Waals surface area (Å²) in [5, 5.41) is 0. The van der Waals surface area contributed by atoms with Crippen LogP contribution < -0.4 is 0 Å². The van der Waals surface area contributed by atoms with Gasteiger partial charge in [0.05, 0.1) is 0 Å². The third-order valence-electron chi connectivity index (χ3n) is 1.39. The summed E-state index contributed by atoms with van der Waals surface area (Å²) in [6.07, 6.45) is 0.663. The number of carbonyl (C=O) groups is 1. The smallest absolute Gasteiger partial charge is 0.222 e. The Labute approximate surface area is 49.5 Å². The van der Waals surface area contributed by atoms with Gasteiger partial charge < -0.3 is 4.90 Å². The first kappa shape index (κ1) is 5.60. The number of carbonyl (C=O) groups excluding carboxylic acids is 1. The first-order chi connectivity index (χ1) is 3.70. The molecular formula is C6H10NO. The van der Waals surface area contributed by atoms with Crippen LogP contribution in [0.5, 0.6) is 0 Å². The van der Waals surface area contributed by atoms with Gasteiger partial charge in [0.25, 0.3) is 0 Å². The van der Waals surface area contributed by atoms with E-state index in [1.807, 2.05) is 14.0 Å². The molecule has 1 rings (SSSR count). The van der Waals surface area contributed by atoms with E-state index in [2.05, 4.69) is 0 Å². The molecule has 0 atom stereocenters. The lowest BCUT2D eigenvalue weighted by molar-refractivity contribution is -0.126. The van der Waals surface area contributed by atoms with Crippen molar-refractivity contribution in [3.63, 3.8) is 0 Å². The Morgan fingerprint density at radius 3 is 2.38 bits per heavy atom. The van der Waals surface area contributed by atoms with Crippen molar-refractivity contribution in [1.29, 1.82) is 0 Å². The maximum Gasteiger partial charge on any atom is 0.222 e. The third-order valence-corrected chi connectivity index (χ3v) is 1.39. The van der Waals surface area contributed by atoms with Gasteiger partial charge in [-0.05, 0) is 0 Å². The lowest BCUT2D eigenvalue weighted by Gasteiger charge is -2.04. The highest BCUT2D eigenvalue weighted by Crippen LogP contribution is 2.15. The van der Waals surface area contributed by atoms with E-state index < -0.39 is 0 Å². The fraction of sp³-hybridized carbons (Fsp3) is 0.667. The summed E-state index contributed by atoms with van der Waals surface area (Å²) in [5.74, 6) is 1.53. The molecule has 0 saturated carbocycles. The van der Waals surface area contributed by atoms with Crippen LogP contribution in [0.15, 0.2) is 0 Å². The summed E-state index contributed by atoms with van der Waals surface area (Å²) in [6, 6.07) is 0. The zero-order valence-electron chi connectivity index (χ0n) is 5.27. The minimum atomic E-state index is 0.252. The van der Waals surface area contributed by atoms with Crippen LogP contribution in [-0.2, 0) is 4.79 Å². The summed E-state index contributed by atoms with van der Waals surface area (Å²) in [6.45, 7) is 2.88. The topological polar surface area (TPSA) is 20.3 Å². The molecule has 0 aliphatic carbocycles. The quantitative estimate of drug-likeness (QED) is 0.445. The van der Waals surface area contributed by atoms with Crippen LogP contribution in [0.1, 0.15) is 13.3 Å².